The minimum atomic E-state index is -2.60. The first-order valence-corrected chi connectivity index (χ1v) is 11.4. The summed E-state index contributed by atoms with van der Waals surface area (Å²) < 4.78 is 38.3. The molecule has 0 amide bonds. The van der Waals surface area contributed by atoms with Crippen molar-refractivity contribution < 1.29 is 18.3 Å². The predicted octanol–water partition coefficient (Wildman–Crippen LogP) is 4.11. The molecule has 180 valence electrons. The van der Waals surface area contributed by atoms with Crippen LogP contribution in [0.5, 0.6) is 17.6 Å². The molecule has 1 N–H and O–H groups in total. The van der Waals surface area contributed by atoms with E-state index in [1.807, 2.05) is 6.07 Å². The van der Waals surface area contributed by atoms with Gasteiger partial charge in [0.25, 0.3) is 6.43 Å². The number of hydrogen-bond acceptors (Lipinski definition) is 8. The number of rotatable bonds is 8. The topological polar surface area (TPSA) is 90.2 Å². The van der Waals surface area contributed by atoms with E-state index < -0.39 is 13.0 Å². The molecule has 0 spiro atoms. The highest BCUT2D eigenvalue weighted by Gasteiger charge is 2.43. The highest BCUT2D eigenvalue weighted by atomic mass is 35.5. The van der Waals surface area contributed by atoms with Crippen molar-refractivity contribution in [2.45, 2.75) is 31.9 Å². The summed E-state index contributed by atoms with van der Waals surface area (Å²) >= 11 is 6.01. The number of ether oxygens (including phenoxy) is 2. The number of alkyl halides is 2. The lowest BCUT2D eigenvalue weighted by molar-refractivity contribution is 0.118. The van der Waals surface area contributed by atoms with E-state index in [9.17, 15) is 8.78 Å². The number of benzene rings is 1. The van der Waals surface area contributed by atoms with Crippen LogP contribution in [0.25, 0.3) is 0 Å². The fourth-order valence-corrected chi connectivity index (χ4v) is 4.96. The Morgan fingerprint density at radius 3 is 2.71 bits per heavy atom. The fourth-order valence-electron chi connectivity index (χ4n) is 4.78. The zero-order chi connectivity index (χ0) is 23.7. The maximum absolute atomic E-state index is 13.2. The third-order valence-electron chi connectivity index (χ3n) is 6.28. The van der Waals surface area contributed by atoms with Crippen molar-refractivity contribution in [2.24, 2.45) is 11.8 Å². The molecule has 34 heavy (non-hydrogen) atoms. The van der Waals surface area contributed by atoms with Gasteiger partial charge in [-0.1, -0.05) is 17.7 Å². The fraction of sp³-hybridized carbons (Fsp3) is 0.455. The molecular weight excluding hydrogens is 468 g/mol. The second-order valence-electron chi connectivity index (χ2n) is 8.48. The molecule has 2 aliphatic rings. The van der Waals surface area contributed by atoms with Crippen molar-refractivity contribution in [1.82, 2.24) is 25.0 Å². The standard InChI is InChI=1S/C22H24ClF2N7O2/c1-33-19-8-16(9-26-29-19)31-10-13-5-6-14(11-31)20(13)27-21-28-22(32(30-21)12-18(24)25)34-17-4-2-3-15(23)7-17/h2-4,7-9,13-14,18,20H,5-6,10-12H2,1H3,(H,27,30)/t13-,14+,20+. The van der Waals surface area contributed by atoms with Crippen LogP contribution < -0.4 is 19.7 Å². The minimum Gasteiger partial charge on any atom is -0.480 e. The van der Waals surface area contributed by atoms with Gasteiger partial charge in [0, 0.05) is 30.2 Å². The number of hydrogen-bond donors (Lipinski definition) is 1. The van der Waals surface area contributed by atoms with Crippen LogP contribution in [0, 0.1) is 11.8 Å². The first-order valence-electron chi connectivity index (χ1n) is 11.0. The van der Waals surface area contributed by atoms with E-state index in [0.29, 0.717) is 28.5 Å². The molecule has 1 aliphatic carbocycles. The SMILES string of the molecule is COc1cc(N2C[C@H]3CC[C@@H](C2)[C@H]3Nc2nc(Oc3cccc(Cl)c3)n(CC(F)F)n2)cnn1. The first kappa shape index (κ1) is 22.6. The van der Waals surface area contributed by atoms with Gasteiger partial charge in [-0.15, -0.1) is 10.2 Å². The highest BCUT2D eigenvalue weighted by molar-refractivity contribution is 6.30. The lowest BCUT2D eigenvalue weighted by Crippen LogP contribution is -2.48. The second kappa shape index (κ2) is 9.57. The Hall–Kier alpha value is -3.21. The van der Waals surface area contributed by atoms with Crippen LogP contribution in [-0.2, 0) is 6.54 Å². The van der Waals surface area contributed by atoms with Gasteiger partial charge in [0.05, 0.1) is 19.0 Å². The predicted molar refractivity (Wildman–Crippen MR) is 122 cm³/mol. The van der Waals surface area contributed by atoms with Crippen molar-refractivity contribution in [2.75, 3.05) is 30.4 Å². The van der Waals surface area contributed by atoms with Crippen LogP contribution >= 0.6 is 11.6 Å². The third-order valence-corrected chi connectivity index (χ3v) is 6.51. The normalized spacial score (nSPS) is 21.7. The first-order chi connectivity index (χ1) is 16.5. The molecule has 2 aromatic heterocycles. The summed E-state index contributed by atoms with van der Waals surface area (Å²) in [6, 6.07) is 8.69. The lowest BCUT2D eigenvalue weighted by Gasteiger charge is -2.39. The van der Waals surface area contributed by atoms with E-state index in [4.69, 9.17) is 21.1 Å². The highest BCUT2D eigenvalue weighted by Crippen LogP contribution is 2.40. The number of fused-ring (bicyclic) bond motifs is 2. The van der Waals surface area contributed by atoms with Crippen molar-refractivity contribution in [3.63, 3.8) is 0 Å². The zero-order valence-corrected chi connectivity index (χ0v) is 19.2. The van der Waals surface area contributed by atoms with Crippen molar-refractivity contribution in [3.05, 3.63) is 41.6 Å². The summed E-state index contributed by atoms with van der Waals surface area (Å²) in [5.41, 5.74) is 0.971. The number of methoxy groups -OCH3 is 1. The molecule has 2 bridgehead atoms. The quantitative estimate of drug-likeness (QED) is 0.503. The maximum atomic E-state index is 13.2. The van der Waals surface area contributed by atoms with E-state index in [0.717, 1.165) is 36.3 Å². The van der Waals surface area contributed by atoms with E-state index >= 15 is 0 Å². The van der Waals surface area contributed by atoms with Crippen molar-refractivity contribution >= 4 is 23.2 Å². The number of piperidine rings is 1. The summed E-state index contributed by atoms with van der Waals surface area (Å²) in [4.78, 5) is 6.66. The summed E-state index contributed by atoms with van der Waals surface area (Å²) in [6.45, 7) is 1.03. The Bertz CT molecular complexity index is 1130. The molecule has 5 rings (SSSR count). The van der Waals surface area contributed by atoms with Crippen LogP contribution in [-0.4, -0.2) is 57.6 Å². The van der Waals surface area contributed by atoms with E-state index in [1.54, 1.807) is 37.6 Å². The van der Waals surface area contributed by atoms with Crippen LogP contribution in [0.2, 0.25) is 5.02 Å². The largest absolute Gasteiger partial charge is 0.480 e. The number of aromatic nitrogens is 5. The van der Waals surface area contributed by atoms with Gasteiger partial charge in [-0.25, -0.2) is 13.5 Å². The van der Waals surface area contributed by atoms with Gasteiger partial charge in [-0.05, 0) is 42.9 Å². The number of anilines is 2. The Kier molecular flexibility index (Phi) is 6.36. The van der Waals surface area contributed by atoms with Gasteiger partial charge in [0.2, 0.25) is 11.8 Å². The van der Waals surface area contributed by atoms with Crippen LogP contribution in [0.1, 0.15) is 12.8 Å². The average molecular weight is 492 g/mol. The molecular formula is C22H24ClF2N7O2. The molecule has 9 nitrogen and oxygen atoms in total. The summed E-state index contributed by atoms with van der Waals surface area (Å²) in [7, 11) is 1.57. The molecule has 3 atom stereocenters. The Labute approximate surface area is 200 Å². The van der Waals surface area contributed by atoms with Crippen LogP contribution in [0.3, 0.4) is 0 Å². The summed E-state index contributed by atoms with van der Waals surface area (Å²) in [5, 5.41) is 16.1. The number of nitrogens with one attached hydrogen (secondary N) is 1. The molecule has 0 radical (unpaired) electrons. The number of halogens is 3. The Morgan fingerprint density at radius 2 is 2.00 bits per heavy atom. The molecule has 1 saturated carbocycles. The van der Waals surface area contributed by atoms with Gasteiger partial charge in [0.1, 0.15) is 12.3 Å². The van der Waals surface area contributed by atoms with Gasteiger partial charge >= 0.3 is 6.01 Å². The molecule has 1 saturated heterocycles. The summed E-state index contributed by atoms with van der Waals surface area (Å²) in [6.07, 6.45) is 1.25. The van der Waals surface area contributed by atoms with Crippen molar-refractivity contribution in [1.29, 1.82) is 0 Å². The van der Waals surface area contributed by atoms with Gasteiger partial charge in [-0.2, -0.15) is 10.1 Å². The van der Waals surface area contributed by atoms with E-state index in [2.05, 4.69) is 30.5 Å². The molecule has 1 aromatic carbocycles. The third kappa shape index (κ3) is 4.84. The smallest absolute Gasteiger partial charge is 0.322 e. The molecule has 2 fully saturated rings. The lowest BCUT2D eigenvalue weighted by atomic mass is 9.92. The summed E-state index contributed by atoms with van der Waals surface area (Å²) in [5.74, 6) is 1.85. The molecule has 1 aliphatic heterocycles. The molecule has 0 unspecified atom stereocenters. The van der Waals surface area contributed by atoms with E-state index in [-0.39, 0.29) is 18.0 Å². The van der Waals surface area contributed by atoms with Crippen LogP contribution in [0.4, 0.5) is 20.4 Å². The second-order valence-corrected chi connectivity index (χ2v) is 8.92. The van der Waals surface area contributed by atoms with Gasteiger partial charge < -0.3 is 19.7 Å². The number of nitrogens with zero attached hydrogens (tertiary/aromatic N) is 6. The average Bonchev–Trinajstić information content (AvgIpc) is 3.27. The van der Waals surface area contributed by atoms with Crippen LogP contribution in [0.15, 0.2) is 36.5 Å². The van der Waals surface area contributed by atoms with Gasteiger partial charge in [-0.3, -0.25) is 0 Å². The van der Waals surface area contributed by atoms with E-state index in [1.165, 1.54) is 0 Å². The zero-order valence-electron chi connectivity index (χ0n) is 18.4. The Balaban J connectivity index is 1.32. The van der Waals surface area contributed by atoms with Crippen molar-refractivity contribution in [3.8, 4) is 17.6 Å². The molecule has 3 heterocycles. The maximum Gasteiger partial charge on any atom is 0.322 e. The minimum absolute atomic E-state index is 0.00944. The monoisotopic (exact) mass is 491 g/mol. The molecule has 12 heteroatoms. The Morgan fingerprint density at radius 1 is 1.21 bits per heavy atom. The van der Waals surface area contributed by atoms with Gasteiger partial charge in [0.15, 0.2) is 0 Å². The molecule has 3 aromatic rings.